The fourth-order valence-electron chi connectivity index (χ4n) is 2.13. The Morgan fingerprint density at radius 3 is 2.43 bits per heavy atom. The number of aryl methyl sites for hydroxylation is 2. The molecule has 0 unspecified atom stereocenters. The number of phenolic OH excluding ortho intramolecular Hbond substituents is 1. The molecule has 0 aliphatic heterocycles. The van der Waals surface area contributed by atoms with Gasteiger partial charge in [-0.2, -0.15) is 0 Å². The monoisotopic (exact) mass is 280 g/mol. The fourth-order valence-corrected chi connectivity index (χ4v) is 2.13. The van der Waals surface area contributed by atoms with Crippen molar-refractivity contribution in [1.82, 2.24) is 9.97 Å². The minimum absolute atomic E-state index is 0.268. The van der Waals surface area contributed by atoms with Gasteiger partial charge in [0.1, 0.15) is 18.1 Å². The Bertz CT molecular complexity index is 800. The molecule has 2 aromatic carbocycles. The summed E-state index contributed by atoms with van der Waals surface area (Å²) in [6, 6.07) is 13.0. The van der Waals surface area contributed by atoms with Gasteiger partial charge < -0.3 is 9.84 Å². The van der Waals surface area contributed by atoms with Crippen LogP contribution in [0.25, 0.3) is 11.0 Å². The van der Waals surface area contributed by atoms with Gasteiger partial charge in [-0.1, -0.05) is 12.1 Å². The third kappa shape index (κ3) is 2.79. The van der Waals surface area contributed by atoms with Gasteiger partial charge in [0.05, 0.1) is 22.4 Å². The lowest BCUT2D eigenvalue weighted by Crippen LogP contribution is -2.03. The lowest BCUT2D eigenvalue weighted by molar-refractivity contribution is 0.299. The Kier molecular flexibility index (Phi) is 3.44. The van der Waals surface area contributed by atoms with Crippen LogP contribution in [0.15, 0.2) is 42.5 Å². The van der Waals surface area contributed by atoms with Gasteiger partial charge in [0, 0.05) is 0 Å². The van der Waals surface area contributed by atoms with Crippen LogP contribution in [0.1, 0.15) is 17.0 Å². The smallest absolute Gasteiger partial charge is 0.132 e. The molecule has 0 bridgehead atoms. The van der Waals surface area contributed by atoms with Crippen LogP contribution in [-0.4, -0.2) is 15.1 Å². The second-order valence-corrected chi connectivity index (χ2v) is 4.98. The lowest BCUT2D eigenvalue weighted by Gasteiger charge is -2.10. The van der Waals surface area contributed by atoms with E-state index in [0.29, 0.717) is 12.4 Å². The lowest BCUT2D eigenvalue weighted by atomic mass is 10.2. The number of phenols is 1. The molecule has 4 nitrogen and oxygen atoms in total. The van der Waals surface area contributed by atoms with Gasteiger partial charge in [-0.3, -0.25) is 0 Å². The van der Waals surface area contributed by atoms with Gasteiger partial charge in [-0.25, -0.2) is 9.97 Å². The van der Waals surface area contributed by atoms with Crippen molar-refractivity contribution in [2.24, 2.45) is 0 Å². The van der Waals surface area contributed by atoms with Gasteiger partial charge >= 0.3 is 0 Å². The number of nitrogens with zero attached hydrogens (tertiary/aromatic N) is 2. The van der Waals surface area contributed by atoms with Crippen molar-refractivity contribution in [2.75, 3.05) is 0 Å². The average molecular weight is 280 g/mol. The Morgan fingerprint density at radius 2 is 1.71 bits per heavy atom. The summed E-state index contributed by atoms with van der Waals surface area (Å²) >= 11 is 0. The first-order valence-corrected chi connectivity index (χ1v) is 6.78. The van der Waals surface area contributed by atoms with Gasteiger partial charge in [-0.15, -0.1) is 0 Å². The zero-order chi connectivity index (χ0) is 14.8. The third-order valence-electron chi connectivity index (χ3n) is 3.39. The number of para-hydroxylation sites is 2. The molecule has 0 radical (unpaired) electrons. The van der Waals surface area contributed by atoms with Crippen LogP contribution in [0.2, 0.25) is 0 Å². The van der Waals surface area contributed by atoms with Crippen molar-refractivity contribution >= 4 is 11.0 Å². The van der Waals surface area contributed by atoms with E-state index < -0.39 is 0 Å². The zero-order valence-electron chi connectivity index (χ0n) is 12.0. The van der Waals surface area contributed by atoms with Gasteiger partial charge in [0.25, 0.3) is 0 Å². The number of aromatic nitrogens is 2. The fraction of sp³-hybridized carbons (Fsp3) is 0.176. The summed E-state index contributed by atoms with van der Waals surface area (Å²) in [6.45, 7) is 4.12. The minimum atomic E-state index is 0.268. The Hall–Kier alpha value is -2.62. The van der Waals surface area contributed by atoms with E-state index in [2.05, 4.69) is 9.97 Å². The molecule has 21 heavy (non-hydrogen) atoms. The average Bonchev–Trinajstić information content (AvgIpc) is 2.48. The molecule has 0 fully saturated rings. The summed E-state index contributed by atoms with van der Waals surface area (Å²) in [5.41, 5.74) is 4.22. The Labute approximate surface area is 123 Å². The number of benzene rings is 2. The normalized spacial score (nSPS) is 10.8. The summed E-state index contributed by atoms with van der Waals surface area (Å²) in [5.74, 6) is 0.976. The molecule has 0 aliphatic rings. The molecule has 1 heterocycles. The molecule has 0 atom stereocenters. The van der Waals surface area contributed by atoms with Crippen molar-refractivity contribution < 1.29 is 9.84 Å². The van der Waals surface area contributed by atoms with E-state index in [1.807, 2.05) is 38.1 Å². The Morgan fingerprint density at radius 1 is 1.00 bits per heavy atom. The van der Waals surface area contributed by atoms with E-state index in [4.69, 9.17) is 4.74 Å². The second kappa shape index (κ2) is 5.40. The number of hydrogen-bond acceptors (Lipinski definition) is 4. The van der Waals surface area contributed by atoms with Crippen LogP contribution < -0.4 is 4.74 Å². The predicted octanol–water partition coefficient (Wildman–Crippen LogP) is 3.53. The highest BCUT2D eigenvalue weighted by Gasteiger charge is 2.06. The summed E-state index contributed by atoms with van der Waals surface area (Å²) in [4.78, 5) is 9.13. The Balaban J connectivity index is 1.84. The van der Waals surface area contributed by atoms with Crippen LogP contribution in [0.3, 0.4) is 0 Å². The number of fused-ring (bicyclic) bond motifs is 1. The van der Waals surface area contributed by atoms with Crippen molar-refractivity contribution in [3.05, 3.63) is 59.4 Å². The minimum Gasteiger partial charge on any atom is -0.508 e. The molecule has 0 saturated carbocycles. The first-order chi connectivity index (χ1) is 10.1. The van der Waals surface area contributed by atoms with Crippen LogP contribution in [0.4, 0.5) is 0 Å². The summed E-state index contributed by atoms with van der Waals surface area (Å²) in [7, 11) is 0. The highest BCUT2D eigenvalue weighted by molar-refractivity contribution is 5.74. The van der Waals surface area contributed by atoms with Crippen molar-refractivity contribution in [3.8, 4) is 11.5 Å². The molecule has 0 aliphatic carbocycles. The topological polar surface area (TPSA) is 55.2 Å². The van der Waals surface area contributed by atoms with E-state index in [-0.39, 0.29) is 5.75 Å². The van der Waals surface area contributed by atoms with Gasteiger partial charge in [0.2, 0.25) is 0 Å². The van der Waals surface area contributed by atoms with E-state index in [1.54, 1.807) is 18.2 Å². The zero-order valence-corrected chi connectivity index (χ0v) is 12.0. The van der Waals surface area contributed by atoms with E-state index >= 15 is 0 Å². The first kappa shape index (κ1) is 13.4. The molecule has 3 aromatic rings. The summed E-state index contributed by atoms with van der Waals surface area (Å²) in [6.07, 6.45) is 0. The van der Waals surface area contributed by atoms with Crippen LogP contribution in [0.5, 0.6) is 11.5 Å². The quantitative estimate of drug-likeness (QED) is 0.797. The van der Waals surface area contributed by atoms with Crippen molar-refractivity contribution in [3.63, 3.8) is 0 Å². The highest BCUT2D eigenvalue weighted by Crippen LogP contribution is 2.23. The molecule has 1 N–H and O–H groups in total. The number of ether oxygens (including phenoxy) is 1. The maximum absolute atomic E-state index is 9.51. The molecule has 0 spiro atoms. The maximum atomic E-state index is 9.51. The largest absolute Gasteiger partial charge is 0.508 e. The number of aromatic hydroxyl groups is 1. The van der Waals surface area contributed by atoms with E-state index in [0.717, 1.165) is 28.0 Å². The maximum Gasteiger partial charge on any atom is 0.132 e. The highest BCUT2D eigenvalue weighted by atomic mass is 16.5. The molecule has 1 aromatic heterocycles. The van der Waals surface area contributed by atoms with Crippen molar-refractivity contribution in [1.29, 1.82) is 0 Å². The van der Waals surface area contributed by atoms with E-state index in [1.165, 1.54) is 0 Å². The van der Waals surface area contributed by atoms with Crippen molar-refractivity contribution in [2.45, 2.75) is 20.5 Å². The predicted molar refractivity (Wildman–Crippen MR) is 81.5 cm³/mol. The molecular weight excluding hydrogens is 264 g/mol. The standard InChI is InChI=1S/C17H16N2O2/c1-11-9-13(7-8-17(11)20)21-10-16-12(2)18-14-5-3-4-6-15(14)19-16/h3-9,20H,10H2,1-2H3. The second-order valence-electron chi connectivity index (χ2n) is 4.98. The molecule has 0 saturated heterocycles. The summed E-state index contributed by atoms with van der Waals surface area (Å²) in [5, 5.41) is 9.51. The molecule has 0 amide bonds. The van der Waals surface area contributed by atoms with Gasteiger partial charge in [-0.05, 0) is 49.7 Å². The first-order valence-electron chi connectivity index (χ1n) is 6.78. The third-order valence-corrected chi connectivity index (χ3v) is 3.39. The number of hydrogen-bond donors (Lipinski definition) is 1. The van der Waals surface area contributed by atoms with Crippen LogP contribution in [0, 0.1) is 13.8 Å². The molecule has 106 valence electrons. The van der Waals surface area contributed by atoms with E-state index in [9.17, 15) is 5.11 Å². The van der Waals surface area contributed by atoms with Gasteiger partial charge in [0.15, 0.2) is 0 Å². The number of rotatable bonds is 3. The molecular formula is C17H16N2O2. The molecule has 4 heteroatoms. The SMILES string of the molecule is Cc1cc(OCc2nc3ccccc3nc2C)ccc1O. The van der Waals surface area contributed by atoms with Crippen LogP contribution >= 0.6 is 0 Å². The summed E-state index contributed by atoms with van der Waals surface area (Å²) < 4.78 is 5.74. The van der Waals surface area contributed by atoms with Crippen LogP contribution in [-0.2, 0) is 6.61 Å². The molecule has 3 rings (SSSR count).